The van der Waals surface area contributed by atoms with Gasteiger partial charge in [-0.3, -0.25) is 0 Å². The number of hydrogen-bond acceptors (Lipinski definition) is 5. The van der Waals surface area contributed by atoms with E-state index in [0.29, 0.717) is 11.7 Å². The Morgan fingerprint density at radius 2 is 1.86 bits per heavy atom. The van der Waals surface area contributed by atoms with Crippen molar-refractivity contribution in [3.63, 3.8) is 0 Å². The lowest BCUT2D eigenvalue weighted by molar-refractivity contribution is 0.252. The fourth-order valence-electron chi connectivity index (χ4n) is 1.30. The normalized spacial score (nSPS) is 13.1. The Balaban J connectivity index is 2.34. The first-order chi connectivity index (χ1) is 6.93. The zero-order valence-electron chi connectivity index (χ0n) is 7.14. The van der Waals surface area contributed by atoms with Gasteiger partial charge in [-0.1, -0.05) is 12.1 Å². The second-order valence-corrected chi connectivity index (χ2v) is 2.82. The van der Waals surface area contributed by atoms with Gasteiger partial charge >= 0.3 is 0 Å². The van der Waals surface area contributed by atoms with Crippen molar-refractivity contribution in [1.29, 1.82) is 0 Å². The van der Waals surface area contributed by atoms with Gasteiger partial charge in [-0.2, -0.15) is 0 Å². The molecule has 0 atom stereocenters. The average Bonchev–Trinajstić information content (AvgIpc) is 2.26. The number of aliphatic imine (C=N–C) groups is 1. The second-order valence-electron chi connectivity index (χ2n) is 2.82. The van der Waals surface area contributed by atoms with Crippen LogP contribution in [0, 0.1) is 0 Å². The van der Waals surface area contributed by atoms with Crippen molar-refractivity contribution in [1.82, 2.24) is 15.4 Å². The minimum absolute atomic E-state index is 0.409. The summed E-state index contributed by atoms with van der Waals surface area (Å²) in [6.07, 6.45) is 1.44. The molecule has 2 heterocycles. The van der Waals surface area contributed by atoms with Crippen LogP contribution < -0.4 is 10.3 Å². The first kappa shape index (κ1) is 7.25. The molecule has 0 bridgehead atoms. The Kier molecular flexibility index (Phi) is 1.38. The van der Waals surface area contributed by atoms with E-state index in [1.165, 1.54) is 6.34 Å². The highest BCUT2D eigenvalue weighted by Crippen LogP contribution is 2.26. The zero-order chi connectivity index (χ0) is 9.38. The lowest BCUT2D eigenvalue weighted by atomic mass is 10.3. The molecule has 1 aliphatic heterocycles. The predicted octanol–water partition coefficient (Wildman–Crippen LogP) is 1.19. The fraction of sp³-hybridized carbons (Fsp3) is 0. The Hall–Kier alpha value is -2.17. The van der Waals surface area contributed by atoms with Crippen LogP contribution >= 0.6 is 0 Å². The minimum Gasteiger partial charge on any atom is -0.357 e. The van der Waals surface area contributed by atoms with Crippen LogP contribution in [0.3, 0.4) is 0 Å². The number of aromatic nitrogens is 2. The molecule has 14 heavy (non-hydrogen) atoms. The first-order valence-electron chi connectivity index (χ1n) is 4.15. The SMILES string of the molecule is C1=Nc2nc3ccccc3nc2ON1. The summed E-state index contributed by atoms with van der Waals surface area (Å²) >= 11 is 0. The summed E-state index contributed by atoms with van der Waals surface area (Å²) in [6, 6.07) is 7.59. The molecule has 0 aliphatic carbocycles. The van der Waals surface area contributed by atoms with Crippen molar-refractivity contribution < 1.29 is 4.84 Å². The van der Waals surface area contributed by atoms with Gasteiger partial charge in [0, 0.05) is 0 Å². The highest BCUT2D eigenvalue weighted by atomic mass is 16.7. The highest BCUT2D eigenvalue weighted by Gasteiger charge is 2.11. The summed E-state index contributed by atoms with van der Waals surface area (Å²) in [7, 11) is 0. The van der Waals surface area contributed by atoms with Crippen LogP contribution in [-0.4, -0.2) is 16.3 Å². The summed E-state index contributed by atoms with van der Waals surface area (Å²) in [5, 5.41) is 0. The number of rotatable bonds is 0. The van der Waals surface area contributed by atoms with Gasteiger partial charge in [0.15, 0.2) is 0 Å². The molecule has 0 unspecified atom stereocenters. The molecule has 1 aromatic carbocycles. The monoisotopic (exact) mass is 186 g/mol. The molecule has 3 rings (SSSR count). The van der Waals surface area contributed by atoms with Crippen molar-refractivity contribution in [2.24, 2.45) is 4.99 Å². The van der Waals surface area contributed by atoms with E-state index in [0.717, 1.165) is 11.0 Å². The first-order valence-corrected chi connectivity index (χ1v) is 4.15. The van der Waals surface area contributed by atoms with Crippen molar-refractivity contribution in [2.75, 3.05) is 0 Å². The number of fused-ring (bicyclic) bond motifs is 2. The topological polar surface area (TPSA) is 59.4 Å². The molecule has 1 aliphatic rings. The Morgan fingerprint density at radius 3 is 2.71 bits per heavy atom. The average molecular weight is 186 g/mol. The van der Waals surface area contributed by atoms with Crippen molar-refractivity contribution in [2.45, 2.75) is 0 Å². The van der Waals surface area contributed by atoms with Crippen LogP contribution in [0.25, 0.3) is 11.0 Å². The third-order valence-corrected chi connectivity index (χ3v) is 1.92. The molecule has 5 nitrogen and oxygen atoms in total. The summed E-state index contributed by atoms with van der Waals surface area (Å²) in [5.41, 5.74) is 4.12. The maximum atomic E-state index is 5.06. The van der Waals surface area contributed by atoms with Gasteiger partial charge in [-0.25, -0.2) is 20.4 Å². The van der Waals surface area contributed by atoms with Crippen LogP contribution in [0.15, 0.2) is 29.3 Å². The molecule has 1 N–H and O–H groups in total. The number of nitrogens with one attached hydrogen (secondary N) is 1. The van der Waals surface area contributed by atoms with Crippen LogP contribution in [0.1, 0.15) is 0 Å². The molecule has 0 radical (unpaired) electrons. The van der Waals surface area contributed by atoms with Crippen molar-refractivity contribution >= 4 is 23.2 Å². The molecule has 0 amide bonds. The maximum Gasteiger partial charge on any atom is 0.291 e. The van der Waals surface area contributed by atoms with E-state index in [-0.39, 0.29) is 0 Å². The van der Waals surface area contributed by atoms with Crippen molar-refractivity contribution in [3.8, 4) is 5.88 Å². The van der Waals surface area contributed by atoms with Crippen LogP contribution in [0.2, 0.25) is 0 Å². The van der Waals surface area contributed by atoms with E-state index in [2.05, 4.69) is 20.4 Å². The van der Waals surface area contributed by atoms with Gasteiger partial charge < -0.3 is 4.84 Å². The zero-order valence-corrected chi connectivity index (χ0v) is 7.14. The van der Waals surface area contributed by atoms with Crippen molar-refractivity contribution in [3.05, 3.63) is 24.3 Å². The second kappa shape index (κ2) is 2.66. The Labute approximate surface area is 79.4 Å². The molecule has 0 fully saturated rings. The van der Waals surface area contributed by atoms with Gasteiger partial charge in [0.1, 0.15) is 6.34 Å². The standard InChI is InChI=1S/C9H6N4O/c1-2-4-7-6(3-1)12-8-9(13-7)14-11-5-10-8/h1-5H,(H,10,11,12). The molecule has 1 aromatic heterocycles. The summed E-state index contributed by atoms with van der Waals surface area (Å²) in [6.45, 7) is 0. The molecule has 0 saturated carbocycles. The van der Waals surface area contributed by atoms with E-state index < -0.39 is 0 Å². The number of hydroxylamine groups is 1. The van der Waals surface area contributed by atoms with Gasteiger partial charge in [-0.05, 0) is 12.1 Å². The van der Waals surface area contributed by atoms with E-state index >= 15 is 0 Å². The fourth-order valence-corrected chi connectivity index (χ4v) is 1.30. The van der Waals surface area contributed by atoms with Crippen LogP contribution in [0.4, 0.5) is 5.82 Å². The molecular weight excluding hydrogens is 180 g/mol. The predicted molar refractivity (Wildman–Crippen MR) is 51.5 cm³/mol. The quantitative estimate of drug-likeness (QED) is 0.671. The van der Waals surface area contributed by atoms with Gasteiger partial charge in [0.2, 0.25) is 5.82 Å². The van der Waals surface area contributed by atoms with E-state index in [9.17, 15) is 0 Å². The molecule has 5 heteroatoms. The molecular formula is C9H6N4O. The molecule has 0 saturated heterocycles. The van der Waals surface area contributed by atoms with Crippen LogP contribution in [0.5, 0.6) is 5.88 Å². The molecule has 68 valence electrons. The van der Waals surface area contributed by atoms with E-state index in [4.69, 9.17) is 4.84 Å². The van der Waals surface area contributed by atoms with E-state index in [1.54, 1.807) is 0 Å². The maximum absolute atomic E-state index is 5.06. The third-order valence-electron chi connectivity index (χ3n) is 1.92. The lowest BCUT2D eigenvalue weighted by Crippen LogP contribution is -2.20. The van der Waals surface area contributed by atoms with Gasteiger partial charge in [-0.15, -0.1) is 0 Å². The van der Waals surface area contributed by atoms with Crippen LogP contribution in [-0.2, 0) is 0 Å². The summed E-state index contributed by atoms with van der Waals surface area (Å²) in [5.74, 6) is 0.911. The summed E-state index contributed by atoms with van der Waals surface area (Å²) in [4.78, 5) is 17.6. The number of hydrogen-bond donors (Lipinski definition) is 1. The smallest absolute Gasteiger partial charge is 0.291 e. The largest absolute Gasteiger partial charge is 0.357 e. The Bertz CT molecular complexity index is 523. The van der Waals surface area contributed by atoms with Gasteiger partial charge in [0.25, 0.3) is 5.88 Å². The Morgan fingerprint density at radius 1 is 1.07 bits per heavy atom. The summed E-state index contributed by atoms with van der Waals surface area (Å²) < 4.78 is 0. The number of para-hydroxylation sites is 2. The molecule has 0 spiro atoms. The lowest BCUT2D eigenvalue weighted by Gasteiger charge is -2.09. The molecule has 2 aromatic rings. The number of benzene rings is 1. The minimum atomic E-state index is 0.409. The number of nitrogens with zero attached hydrogens (tertiary/aromatic N) is 3. The van der Waals surface area contributed by atoms with E-state index in [1.807, 2.05) is 24.3 Å². The third kappa shape index (κ3) is 0.990. The van der Waals surface area contributed by atoms with Gasteiger partial charge in [0.05, 0.1) is 11.0 Å². The highest BCUT2D eigenvalue weighted by molar-refractivity contribution is 5.78.